The zero-order valence-electron chi connectivity index (χ0n) is 15.6. The van der Waals surface area contributed by atoms with Gasteiger partial charge in [-0.25, -0.2) is 0 Å². The Morgan fingerprint density at radius 3 is 2.78 bits per heavy atom. The normalized spacial score (nSPS) is 23.6. The fourth-order valence-corrected chi connectivity index (χ4v) is 4.91. The zero-order valence-corrected chi connectivity index (χ0v) is 16.5. The molecule has 3 aliphatic rings. The fourth-order valence-electron chi connectivity index (χ4n) is 4.01. The molecule has 2 amide bonds. The highest BCUT2D eigenvalue weighted by molar-refractivity contribution is 7.99. The van der Waals surface area contributed by atoms with Crippen molar-refractivity contribution in [3.8, 4) is 0 Å². The highest BCUT2D eigenvalue weighted by Crippen LogP contribution is 2.20. The number of amides is 2. The van der Waals surface area contributed by atoms with Gasteiger partial charge in [0.15, 0.2) is 0 Å². The molecular weight excluding hydrogens is 366 g/mol. The first-order valence-corrected chi connectivity index (χ1v) is 11.1. The SMILES string of the molecule is O=C(C[C@H]1COCCN1C(=O)c1nnc2n1CCCCC2)N1CCSCC1. The summed E-state index contributed by atoms with van der Waals surface area (Å²) >= 11 is 1.88. The summed E-state index contributed by atoms with van der Waals surface area (Å²) in [5.41, 5.74) is 0. The minimum absolute atomic E-state index is 0.115. The molecule has 0 aliphatic carbocycles. The van der Waals surface area contributed by atoms with Gasteiger partial charge < -0.3 is 19.1 Å². The lowest BCUT2D eigenvalue weighted by atomic mass is 10.1. The van der Waals surface area contributed by atoms with E-state index in [4.69, 9.17) is 4.74 Å². The summed E-state index contributed by atoms with van der Waals surface area (Å²) in [6.45, 7) is 3.78. The highest BCUT2D eigenvalue weighted by atomic mass is 32.2. The number of carbonyl (C=O) groups excluding carboxylic acids is 2. The van der Waals surface area contributed by atoms with Crippen molar-refractivity contribution < 1.29 is 14.3 Å². The lowest BCUT2D eigenvalue weighted by molar-refractivity contribution is -0.133. The Balaban J connectivity index is 1.48. The van der Waals surface area contributed by atoms with Crippen molar-refractivity contribution in [1.29, 1.82) is 0 Å². The van der Waals surface area contributed by atoms with E-state index in [-0.39, 0.29) is 17.9 Å². The maximum Gasteiger partial charge on any atom is 0.292 e. The number of aryl methyl sites for hydroxylation is 1. The van der Waals surface area contributed by atoms with Crippen LogP contribution in [0.1, 0.15) is 42.1 Å². The molecule has 148 valence electrons. The predicted octanol–water partition coefficient (Wildman–Crippen LogP) is 0.811. The Labute approximate surface area is 163 Å². The molecule has 0 N–H and O–H groups in total. The van der Waals surface area contributed by atoms with Gasteiger partial charge >= 0.3 is 0 Å². The lowest BCUT2D eigenvalue weighted by Crippen LogP contribution is -2.52. The van der Waals surface area contributed by atoms with E-state index in [1.165, 1.54) is 0 Å². The molecule has 2 fully saturated rings. The van der Waals surface area contributed by atoms with E-state index < -0.39 is 0 Å². The number of thioether (sulfide) groups is 1. The second-order valence-corrected chi connectivity index (χ2v) is 8.55. The number of carbonyl (C=O) groups is 2. The summed E-state index contributed by atoms with van der Waals surface area (Å²) in [6.07, 6.45) is 4.48. The van der Waals surface area contributed by atoms with Crippen molar-refractivity contribution in [3.63, 3.8) is 0 Å². The molecule has 0 aromatic carbocycles. The Bertz CT molecular complexity index is 689. The van der Waals surface area contributed by atoms with E-state index in [0.29, 0.717) is 32.0 Å². The Kier molecular flexibility index (Phi) is 5.97. The van der Waals surface area contributed by atoms with Crippen LogP contribution in [-0.2, 0) is 22.5 Å². The van der Waals surface area contributed by atoms with Crippen LogP contribution in [0.4, 0.5) is 0 Å². The van der Waals surface area contributed by atoms with Crippen LogP contribution in [0.3, 0.4) is 0 Å². The third-order valence-corrected chi connectivity index (χ3v) is 6.51. The predicted molar refractivity (Wildman–Crippen MR) is 102 cm³/mol. The smallest absolute Gasteiger partial charge is 0.292 e. The van der Waals surface area contributed by atoms with Crippen LogP contribution in [0, 0.1) is 0 Å². The van der Waals surface area contributed by atoms with Crippen LogP contribution < -0.4 is 0 Å². The topological polar surface area (TPSA) is 80.6 Å². The van der Waals surface area contributed by atoms with Gasteiger partial charge in [-0.1, -0.05) is 6.42 Å². The van der Waals surface area contributed by atoms with Gasteiger partial charge in [-0.3, -0.25) is 9.59 Å². The third kappa shape index (κ3) is 4.13. The molecule has 2 saturated heterocycles. The first kappa shape index (κ1) is 18.7. The van der Waals surface area contributed by atoms with Gasteiger partial charge in [0.05, 0.1) is 19.3 Å². The van der Waals surface area contributed by atoms with Crippen LogP contribution in [0.25, 0.3) is 0 Å². The van der Waals surface area contributed by atoms with E-state index in [1.54, 1.807) is 4.90 Å². The molecular formula is C18H27N5O3S. The molecule has 0 spiro atoms. The largest absolute Gasteiger partial charge is 0.377 e. The molecule has 0 radical (unpaired) electrons. The minimum atomic E-state index is -0.230. The number of hydrogen-bond acceptors (Lipinski definition) is 6. The molecule has 0 saturated carbocycles. The number of hydrogen-bond donors (Lipinski definition) is 0. The van der Waals surface area contributed by atoms with Gasteiger partial charge in [0, 0.05) is 50.5 Å². The van der Waals surface area contributed by atoms with Crippen LogP contribution in [-0.4, -0.2) is 86.8 Å². The van der Waals surface area contributed by atoms with E-state index in [0.717, 1.165) is 62.6 Å². The van der Waals surface area contributed by atoms with Gasteiger partial charge in [0.2, 0.25) is 11.7 Å². The highest BCUT2D eigenvalue weighted by Gasteiger charge is 2.34. The monoisotopic (exact) mass is 393 g/mol. The second-order valence-electron chi connectivity index (χ2n) is 7.33. The van der Waals surface area contributed by atoms with Crippen molar-refractivity contribution >= 4 is 23.6 Å². The summed E-state index contributed by atoms with van der Waals surface area (Å²) in [7, 11) is 0. The number of rotatable bonds is 3. The molecule has 0 bridgehead atoms. The molecule has 4 heterocycles. The maximum absolute atomic E-state index is 13.2. The molecule has 1 aromatic heterocycles. The van der Waals surface area contributed by atoms with Crippen LogP contribution in [0.2, 0.25) is 0 Å². The number of nitrogens with zero attached hydrogens (tertiary/aromatic N) is 5. The van der Waals surface area contributed by atoms with Crippen LogP contribution in [0.5, 0.6) is 0 Å². The number of aromatic nitrogens is 3. The number of ether oxygens (including phenoxy) is 1. The molecule has 9 heteroatoms. The quantitative estimate of drug-likeness (QED) is 0.756. The minimum Gasteiger partial charge on any atom is -0.377 e. The second kappa shape index (κ2) is 8.60. The molecule has 0 unspecified atom stereocenters. The first-order chi connectivity index (χ1) is 13.2. The number of fused-ring (bicyclic) bond motifs is 1. The van der Waals surface area contributed by atoms with Gasteiger partial charge in [0.25, 0.3) is 5.91 Å². The summed E-state index contributed by atoms with van der Waals surface area (Å²) in [5, 5.41) is 8.45. The van der Waals surface area contributed by atoms with Gasteiger partial charge in [-0.15, -0.1) is 10.2 Å². The molecule has 1 aromatic rings. The molecule has 1 atom stereocenters. The van der Waals surface area contributed by atoms with Gasteiger partial charge in [-0.05, 0) is 12.8 Å². The van der Waals surface area contributed by atoms with E-state index in [9.17, 15) is 9.59 Å². The number of morpholine rings is 1. The summed E-state index contributed by atoms with van der Waals surface area (Å²) in [6, 6.07) is -0.230. The zero-order chi connectivity index (χ0) is 18.6. The molecule has 4 rings (SSSR count). The molecule has 27 heavy (non-hydrogen) atoms. The van der Waals surface area contributed by atoms with E-state index in [1.807, 2.05) is 21.2 Å². The average Bonchev–Trinajstić information content (AvgIpc) is 2.96. The van der Waals surface area contributed by atoms with Crippen molar-refractivity contribution in [2.24, 2.45) is 0 Å². The first-order valence-electron chi connectivity index (χ1n) is 9.90. The molecule has 8 nitrogen and oxygen atoms in total. The Morgan fingerprint density at radius 2 is 1.93 bits per heavy atom. The van der Waals surface area contributed by atoms with Crippen molar-refractivity contribution in [2.45, 2.75) is 44.7 Å². The Morgan fingerprint density at radius 1 is 1.07 bits per heavy atom. The average molecular weight is 394 g/mol. The lowest BCUT2D eigenvalue weighted by Gasteiger charge is -2.36. The van der Waals surface area contributed by atoms with Crippen molar-refractivity contribution in [3.05, 3.63) is 11.6 Å². The Hall–Kier alpha value is -1.61. The van der Waals surface area contributed by atoms with Crippen LogP contribution in [0.15, 0.2) is 0 Å². The van der Waals surface area contributed by atoms with Crippen molar-refractivity contribution in [1.82, 2.24) is 24.6 Å². The van der Waals surface area contributed by atoms with Crippen LogP contribution >= 0.6 is 11.8 Å². The molecule has 3 aliphatic heterocycles. The summed E-state index contributed by atoms with van der Waals surface area (Å²) < 4.78 is 7.57. The fraction of sp³-hybridized carbons (Fsp3) is 0.778. The standard InChI is InChI=1S/C18H27N5O3S/c24-16(21-7-10-27-11-8-21)12-14-13-26-9-6-22(14)18(25)17-20-19-15-4-2-1-3-5-23(15)17/h14H,1-13H2/t14-/m0/s1. The van der Waals surface area contributed by atoms with Gasteiger partial charge in [0.1, 0.15) is 5.82 Å². The third-order valence-electron chi connectivity index (χ3n) is 5.56. The van der Waals surface area contributed by atoms with Gasteiger partial charge in [-0.2, -0.15) is 11.8 Å². The maximum atomic E-state index is 13.2. The van der Waals surface area contributed by atoms with Crippen molar-refractivity contribution in [2.75, 3.05) is 44.4 Å². The van der Waals surface area contributed by atoms with E-state index in [2.05, 4.69) is 10.2 Å². The van der Waals surface area contributed by atoms with E-state index >= 15 is 0 Å². The summed E-state index contributed by atoms with van der Waals surface area (Å²) in [5.74, 6) is 3.29. The summed E-state index contributed by atoms with van der Waals surface area (Å²) in [4.78, 5) is 29.6.